The van der Waals surface area contributed by atoms with E-state index in [0.29, 0.717) is 16.4 Å². The Morgan fingerprint density at radius 1 is 1.08 bits per heavy atom. The topological polar surface area (TPSA) is 50.4 Å². The molecule has 0 fully saturated rings. The lowest BCUT2D eigenvalue weighted by Crippen LogP contribution is -2.45. The summed E-state index contributed by atoms with van der Waals surface area (Å²) in [7, 11) is 0. The molecule has 1 aliphatic rings. The second-order valence-corrected chi connectivity index (χ2v) is 6.45. The first-order chi connectivity index (χ1) is 12.0. The molecule has 0 saturated carbocycles. The molecule has 0 amide bonds. The second-order valence-electron chi connectivity index (χ2n) is 6.04. The number of hydrogen-bond donors (Lipinski definition) is 2. The Balaban J connectivity index is 1.84. The monoisotopic (exact) mass is 352 g/mol. The molecule has 2 aromatic rings. The molecule has 4 nitrogen and oxygen atoms in total. The third-order valence-corrected chi connectivity index (χ3v) is 4.33. The van der Waals surface area contributed by atoms with Crippen molar-refractivity contribution in [2.75, 3.05) is 0 Å². The predicted molar refractivity (Wildman–Crippen MR) is 102 cm³/mol. The highest BCUT2D eigenvalue weighted by Gasteiger charge is 2.30. The van der Waals surface area contributed by atoms with Gasteiger partial charge in [-0.2, -0.15) is 0 Å². The zero-order valence-corrected chi connectivity index (χ0v) is 15.0. The Morgan fingerprint density at radius 2 is 1.76 bits per heavy atom. The molecule has 2 N–H and O–H groups in total. The van der Waals surface area contributed by atoms with E-state index in [1.165, 1.54) is 0 Å². The number of esters is 1. The summed E-state index contributed by atoms with van der Waals surface area (Å²) < 4.78 is 5.53. The van der Waals surface area contributed by atoms with Crippen molar-refractivity contribution in [2.45, 2.75) is 26.5 Å². The number of carbonyl (C=O) groups excluding carboxylic acids is 1. The highest BCUT2D eigenvalue weighted by atomic mass is 32.1. The van der Waals surface area contributed by atoms with E-state index >= 15 is 0 Å². The Kier molecular flexibility index (Phi) is 5.14. The van der Waals surface area contributed by atoms with Crippen LogP contribution >= 0.6 is 12.2 Å². The van der Waals surface area contributed by atoms with E-state index in [4.69, 9.17) is 17.0 Å². The lowest BCUT2D eigenvalue weighted by molar-refractivity contribution is -0.140. The number of benzene rings is 2. The van der Waals surface area contributed by atoms with Gasteiger partial charge in [-0.3, -0.25) is 0 Å². The SMILES string of the molecule is CC1=C(C(=O)OCc2ccccc2)[C@H](c2ccc(C)cc2)NC(=S)N1. The summed E-state index contributed by atoms with van der Waals surface area (Å²) in [6.07, 6.45) is 0. The minimum Gasteiger partial charge on any atom is -0.457 e. The summed E-state index contributed by atoms with van der Waals surface area (Å²) in [4.78, 5) is 12.7. The van der Waals surface area contributed by atoms with Gasteiger partial charge in [0.15, 0.2) is 5.11 Å². The lowest BCUT2D eigenvalue weighted by atomic mass is 9.95. The quantitative estimate of drug-likeness (QED) is 0.651. The summed E-state index contributed by atoms with van der Waals surface area (Å²) in [5.41, 5.74) is 4.35. The minimum atomic E-state index is -0.352. The molecule has 0 aliphatic carbocycles. The van der Waals surface area contributed by atoms with Crippen LogP contribution in [0.25, 0.3) is 0 Å². The number of nitrogens with one attached hydrogen (secondary N) is 2. The van der Waals surface area contributed by atoms with Gasteiger partial charge in [0.2, 0.25) is 0 Å². The van der Waals surface area contributed by atoms with E-state index in [1.54, 1.807) is 0 Å². The number of aryl methyl sites for hydroxylation is 1. The number of hydrogen-bond acceptors (Lipinski definition) is 3. The average molecular weight is 352 g/mol. The van der Waals surface area contributed by atoms with Crippen LogP contribution in [-0.2, 0) is 16.1 Å². The van der Waals surface area contributed by atoms with Crippen LogP contribution < -0.4 is 10.6 Å². The van der Waals surface area contributed by atoms with Gasteiger partial charge in [0.25, 0.3) is 0 Å². The van der Waals surface area contributed by atoms with E-state index in [-0.39, 0.29) is 18.6 Å². The molecule has 3 rings (SSSR count). The molecular weight excluding hydrogens is 332 g/mol. The van der Waals surface area contributed by atoms with E-state index in [1.807, 2.05) is 68.4 Å². The largest absolute Gasteiger partial charge is 0.457 e. The van der Waals surface area contributed by atoms with Crippen molar-refractivity contribution >= 4 is 23.3 Å². The van der Waals surface area contributed by atoms with Crippen LogP contribution in [0.4, 0.5) is 0 Å². The fourth-order valence-corrected chi connectivity index (χ4v) is 3.05. The van der Waals surface area contributed by atoms with Crippen molar-refractivity contribution in [2.24, 2.45) is 0 Å². The van der Waals surface area contributed by atoms with Gasteiger partial charge in [-0.15, -0.1) is 0 Å². The molecule has 5 heteroatoms. The van der Waals surface area contributed by atoms with Crippen molar-refractivity contribution < 1.29 is 9.53 Å². The van der Waals surface area contributed by atoms with Crippen molar-refractivity contribution in [3.05, 3.63) is 82.6 Å². The van der Waals surface area contributed by atoms with Crippen LogP contribution in [0, 0.1) is 6.92 Å². The number of thiocarbonyl (C=S) groups is 1. The summed E-state index contributed by atoms with van der Waals surface area (Å²) in [5, 5.41) is 6.69. The number of rotatable bonds is 4. The normalized spacial score (nSPS) is 16.9. The first-order valence-corrected chi connectivity index (χ1v) is 8.51. The molecule has 128 valence electrons. The van der Waals surface area contributed by atoms with Gasteiger partial charge in [0.05, 0.1) is 11.6 Å². The smallest absolute Gasteiger partial charge is 0.338 e. The van der Waals surface area contributed by atoms with Crippen LogP contribution in [0.2, 0.25) is 0 Å². The van der Waals surface area contributed by atoms with Gasteiger partial charge in [0.1, 0.15) is 6.61 Å². The minimum absolute atomic E-state index is 0.238. The molecule has 25 heavy (non-hydrogen) atoms. The maximum Gasteiger partial charge on any atom is 0.338 e. The highest BCUT2D eigenvalue weighted by Crippen LogP contribution is 2.28. The van der Waals surface area contributed by atoms with Gasteiger partial charge in [-0.05, 0) is 37.2 Å². The molecule has 0 bridgehead atoms. The number of ether oxygens (including phenoxy) is 1. The molecule has 2 aromatic carbocycles. The summed E-state index contributed by atoms with van der Waals surface area (Å²) in [5.74, 6) is -0.352. The van der Waals surface area contributed by atoms with Crippen LogP contribution in [0.3, 0.4) is 0 Å². The standard InChI is InChI=1S/C20H20N2O2S/c1-13-8-10-16(11-9-13)18-17(14(2)21-20(25)22-18)19(23)24-12-15-6-4-3-5-7-15/h3-11,18H,12H2,1-2H3,(H2,21,22,25)/t18-/m0/s1. The first-order valence-electron chi connectivity index (χ1n) is 8.10. The summed E-state index contributed by atoms with van der Waals surface area (Å²) in [6, 6.07) is 17.3. The van der Waals surface area contributed by atoms with Crippen molar-refractivity contribution in [1.29, 1.82) is 0 Å². The van der Waals surface area contributed by atoms with Crippen LogP contribution in [0.1, 0.15) is 29.7 Å². The molecule has 1 atom stereocenters. The molecule has 0 radical (unpaired) electrons. The molecule has 0 aromatic heterocycles. The molecule has 0 unspecified atom stereocenters. The van der Waals surface area contributed by atoms with Crippen molar-refractivity contribution in [3.63, 3.8) is 0 Å². The zero-order chi connectivity index (χ0) is 17.8. The van der Waals surface area contributed by atoms with Crippen LogP contribution in [0.15, 0.2) is 65.9 Å². The van der Waals surface area contributed by atoms with Gasteiger partial charge in [-0.25, -0.2) is 4.79 Å². The van der Waals surface area contributed by atoms with Gasteiger partial charge < -0.3 is 15.4 Å². The predicted octanol–water partition coefficient (Wildman–Crippen LogP) is 3.53. The van der Waals surface area contributed by atoms with E-state index < -0.39 is 0 Å². The maximum atomic E-state index is 12.7. The van der Waals surface area contributed by atoms with Crippen molar-refractivity contribution in [1.82, 2.24) is 10.6 Å². The Hall–Kier alpha value is -2.66. The van der Waals surface area contributed by atoms with Gasteiger partial charge in [0, 0.05) is 5.70 Å². The highest BCUT2D eigenvalue weighted by molar-refractivity contribution is 7.80. The summed E-state index contributed by atoms with van der Waals surface area (Å²) >= 11 is 5.26. The molecule has 1 heterocycles. The van der Waals surface area contributed by atoms with Crippen molar-refractivity contribution in [3.8, 4) is 0 Å². The first kappa shape index (κ1) is 17.2. The van der Waals surface area contributed by atoms with E-state index in [0.717, 1.165) is 16.7 Å². The summed E-state index contributed by atoms with van der Waals surface area (Å²) in [6.45, 7) is 4.11. The Labute approximate surface area is 152 Å². The lowest BCUT2D eigenvalue weighted by Gasteiger charge is -2.30. The third kappa shape index (κ3) is 4.06. The number of allylic oxidation sites excluding steroid dienone is 1. The second kappa shape index (κ2) is 7.49. The number of carbonyl (C=O) groups is 1. The Morgan fingerprint density at radius 3 is 2.44 bits per heavy atom. The van der Waals surface area contributed by atoms with Crippen LogP contribution in [0.5, 0.6) is 0 Å². The molecular formula is C20H20N2O2S. The molecule has 0 saturated heterocycles. The zero-order valence-electron chi connectivity index (χ0n) is 14.2. The maximum absolute atomic E-state index is 12.7. The van der Waals surface area contributed by atoms with Gasteiger partial charge in [-0.1, -0.05) is 60.2 Å². The fraction of sp³-hybridized carbons (Fsp3) is 0.200. The molecule has 1 aliphatic heterocycles. The van der Waals surface area contributed by atoms with E-state index in [2.05, 4.69) is 10.6 Å². The average Bonchev–Trinajstić information content (AvgIpc) is 2.60. The Bertz CT molecular complexity index is 813. The third-order valence-electron chi connectivity index (χ3n) is 4.11. The fourth-order valence-electron chi connectivity index (χ4n) is 2.77. The molecule has 0 spiro atoms. The van der Waals surface area contributed by atoms with E-state index in [9.17, 15) is 4.79 Å². The van der Waals surface area contributed by atoms with Crippen LogP contribution in [-0.4, -0.2) is 11.1 Å². The van der Waals surface area contributed by atoms with Gasteiger partial charge >= 0.3 is 5.97 Å².